The van der Waals surface area contributed by atoms with E-state index in [0.717, 1.165) is 5.92 Å². The normalized spacial score (nSPS) is 17.9. The fourth-order valence-corrected chi connectivity index (χ4v) is 2.59. The van der Waals surface area contributed by atoms with Crippen LogP contribution in [0.25, 0.3) is 0 Å². The average Bonchev–Trinajstić information content (AvgIpc) is 3.31. The number of rotatable bonds is 5. The zero-order valence-corrected chi connectivity index (χ0v) is 11.3. The smallest absolute Gasteiger partial charge is 0.0353 e. The number of aromatic nitrogens is 1. The van der Waals surface area contributed by atoms with E-state index in [4.69, 9.17) is 0 Å². The van der Waals surface area contributed by atoms with Crippen molar-refractivity contribution >= 4 is 0 Å². The molecular formula is C17H20N2. The molecule has 2 nitrogen and oxygen atoms in total. The first-order valence-corrected chi connectivity index (χ1v) is 7.05. The lowest BCUT2D eigenvalue weighted by Gasteiger charge is -2.24. The molecule has 1 fully saturated rings. The first-order valence-electron chi connectivity index (χ1n) is 7.05. The van der Waals surface area contributed by atoms with E-state index in [0.29, 0.717) is 12.1 Å². The molecule has 1 N–H and O–H groups in total. The maximum absolute atomic E-state index is 4.21. The number of pyridine rings is 1. The van der Waals surface area contributed by atoms with Gasteiger partial charge in [-0.05, 0) is 42.9 Å². The minimum absolute atomic E-state index is 0.333. The fourth-order valence-electron chi connectivity index (χ4n) is 2.59. The first-order chi connectivity index (χ1) is 9.34. The van der Waals surface area contributed by atoms with E-state index >= 15 is 0 Å². The van der Waals surface area contributed by atoms with Gasteiger partial charge in [0.05, 0.1) is 0 Å². The molecule has 2 heteroatoms. The summed E-state index contributed by atoms with van der Waals surface area (Å²) in [6.07, 6.45) is 6.46. The van der Waals surface area contributed by atoms with Gasteiger partial charge in [-0.3, -0.25) is 4.98 Å². The number of nitrogens with zero attached hydrogens (tertiary/aromatic N) is 1. The van der Waals surface area contributed by atoms with Gasteiger partial charge in [-0.15, -0.1) is 0 Å². The Labute approximate surface area is 114 Å². The van der Waals surface area contributed by atoms with Crippen LogP contribution >= 0.6 is 0 Å². The Balaban J connectivity index is 1.76. The van der Waals surface area contributed by atoms with Crippen LogP contribution in [0.1, 0.15) is 43.0 Å². The molecule has 2 aromatic rings. The van der Waals surface area contributed by atoms with Crippen molar-refractivity contribution in [2.45, 2.75) is 31.8 Å². The van der Waals surface area contributed by atoms with E-state index in [-0.39, 0.29) is 0 Å². The maximum atomic E-state index is 4.21. The quantitative estimate of drug-likeness (QED) is 0.873. The van der Waals surface area contributed by atoms with Crippen molar-refractivity contribution in [2.24, 2.45) is 5.92 Å². The van der Waals surface area contributed by atoms with Crippen LogP contribution in [-0.2, 0) is 0 Å². The lowest BCUT2D eigenvalue weighted by atomic mass is 10.00. The fraction of sp³-hybridized carbons (Fsp3) is 0.353. The molecule has 3 rings (SSSR count). The highest BCUT2D eigenvalue weighted by Crippen LogP contribution is 2.42. The van der Waals surface area contributed by atoms with Crippen LogP contribution in [0.2, 0.25) is 0 Å². The van der Waals surface area contributed by atoms with Crippen molar-refractivity contribution in [2.75, 3.05) is 0 Å². The van der Waals surface area contributed by atoms with Gasteiger partial charge in [-0.1, -0.05) is 36.4 Å². The van der Waals surface area contributed by atoms with Crippen molar-refractivity contribution in [1.82, 2.24) is 10.3 Å². The molecule has 19 heavy (non-hydrogen) atoms. The predicted octanol–water partition coefficient (Wildman–Crippen LogP) is 3.88. The molecule has 1 aliphatic carbocycles. The van der Waals surface area contributed by atoms with E-state index in [9.17, 15) is 0 Å². The van der Waals surface area contributed by atoms with Crippen LogP contribution in [-0.4, -0.2) is 4.98 Å². The van der Waals surface area contributed by atoms with Crippen molar-refractivity contribution in [1.29, 1.82) is 0 Å². The Morgan fingerprint density at radius 1 is 1.05 bits per heavy atom. The molecule has 1 aliphatic rings. The third-order valence-electron chi connectivity index (χ3n) is 3.87. The second-order valence-electron chi connectivity index (χ2n) is 5.40. The van der Waals surface area contributed by atoms with Gasteiger partial charge in [0, 0.05) is 24.5 Å². The van der Waals surface area contributed by atoms with Crippen LogP contribution in [0.3, 0.4) is 0 Å². The maximum Gasteiger partial charge on any atom is 0.0353 e. The standard InChI is InChI=1S/C17H20N2/c1-13(16-8-5-11-18-12-16)19-17(15-9-10-15)14-6-3-2-4-7-14/h2-8,11-13,15,17,19H,9-10H2,1H3. The van der Waals surface area contributed by atoms with Crippen LogP contribution in [0.5, 0.6) is 0 Å². The number of benzene rings is 1. The van der Waals surface area contributed by atoms with Crippen molar-refractivity contribution < 1.29 is 0 Å². The predicted molar refractivity (Wildman–Crippen MR) is 77.7 cm³/mol. The van der Waals surface area contributed by atoms with E-state index in [1.165, 1.54) is 24.0 Å². The van der Waals surface area contributed by atoms with Gasteiger partial charge in [-0.2, -0.15) is 0 Å². The molecule has 0 spiro atoms. The minimum atomic E-state index is 0.333. The minimum Gasteiger partial charge on any atom is -0.303 e. The molecule has 0 bridgehead atoms. The lowest BCUT2D eigenvalue weighted by molar-refractivity contribution is 0.427. The molecule has 1 aromatic carbocycles. The van der Waals surface area contributed by atoms with Gasteiger partial charge in [0.15, 0.2) is 0 Å². The van der Waals surface area contributed by atoms with Crippen molar-refractivity contribution in [3.8, 4) is 0 Å². The van der Waals surface area contributed by atoms with Gasteiger partial charge < -0.3 is 5.32 Å². The third-order valence-corrected chi connectivity index (χ3v) is 3.87. The van der Waals surface area contributed by atoms with Gasteiger partial charge in [0.2, 0.25) is 0 Å². The van der Waals surface area contributed by atoms with Crippen LogP contribution in [0.4, 0.5) is 0 Å². The topological polar surface area (TPSA) is 24.9 Å². The second-order valence-corrected chi connectivity index (χ2v) is 5.40. The first kappa shape index (κ1) is 12.4. The third kappa shape index (κ3) is 3.02. The molecule has 0 amide bonds. The molecule has 1 heterocycles. The van der Waals surface area contributed by atoms with Crippen molar-refractivity contribution in [3.05, 3.63) is 66.0 Å². The summed E-state index contributed by atoms with van der Waals surface area (Å²) in [4.78, 5) is 4.21. The molecule has 0 radical (unpaired) electrons. The monoisotopic (exact) mass is 252 g/mol. The van der Waals surface area contributed by atoms with Crippen molar-refractivity contribution in [3.63, 3.8) is 0 Å². The second kappa shape index (κ2) is 5.54. The highest BCUT2D eigenvalue weighted by atomic mass is 15.0. The highest BCUT2D eigenvalue weighted by Gasteiger charge is 2.32. The number of nitrogens with one attached hydrogen (secondary N) is 1. The summed E-state index contributed by atoms with van der Waals surface area (Å²) in [5, 5.41) is 3.77. The molecule has 0 saturated heterocycles. The molecule has 1 aromatic heterocycles. The van der Waals surface area contributed by atoms with Crippen LogP contribution in [0.15, 0.2) is 54.9 Å². The number of hydrogen-bond acceptors (Lipinski definition) is 2. The van der Waals surface area contributed by atoms with Crippen LogP contribution in [0, 0.1) is 5.92 Å². The van der Waals surface area contributed by atoms with Gasteiger partial charge in [0.25, 0.3) is 0 Å². The summed E-state index contributed by atoms with van der Waals surface area (Å²) >= 11 is 0. The zero-order chi connectivity index (χ0) is 13.1. The lowest BCUT2D eigenvalue weighted by Crippen LogP contribution is -2.26. The summed E-state index contributed by atoms with van der Waals surface area (Å²) in [6.45, 7) is 2.22. The molecule has 1 saturated carbocycles. The van der Waals surface area contributed by atoms with E-state index in [1.807, 2.05) is 18.5 Å². The Bertz CT molecular complexity index is 505. The summed E-state index contributed by atoms with van der Waals surface area (Å²) in [5.41, 5.74) is 2.66. The molecule has 2 atom stereocenters. The van der Waals surface area contributed by atoms with E-state index in [2.05, 4.69) is 53.6 Å². The summed E-state index contributed by atoms with van der Waals surface area (Å²) in [5.74, 6) is 0.793. The average molecular weight is 252 g/mol. The Morgan fingerprint density at radius 2 is 1.79 bits per heavy atom. The summed E-state index contributed by atoms with van der Waals surface area (Å²) in [6, 6.07) is 15.7. The van der Waals surface area contributed by atoms with Gasteiger partial charge >= 0.3 is 0 Å². The zero-order valence-electron chi connectivity index (χ0n) is 11.3. The van der Waals surface area contributed by atoms with Gasteiger partial charge in [-0.25, -0.2) is 0 Å². The highest BCUT2D eigenvalue weighted by molar-refractivity contribution is 5.22. The Hall–Kier alpha value is -1.67. The molecule has 0 aliphatic heterocycles. The molecule has 98 valence electrons. The Morgan fingerprint density at radius 3 is 2.42 bits per heavy atom. The largest absolute Gasteiger partial charge is 0.303 e. The molecule has 2 unspecified atom stereocenters. The number of hydrogen-bond donors (Lipinski definition) is 1. The summed E-state index contributed by atoms with van der Waals surface area (Å²) in [7, 11) is 0. The SMILES string of the molecule is CC(NC(c1ccccc1)C1CC1)c1cccnc1. The van der Waals surface area contributed by atoms with Crippen LogP contribution < -0.4 is 5.32 Å². The Kier molecular flexibility index (Phi) is 3.60. The summed E-state index contributed by atoms with van der Waals surface area (Å²) < 4.78 is 0. The van der Waals surface area contributed by atoms with Gasteiger partial charge in [0.1, 0.15) is 0 Å². The molecular weight excluding hydrogens is 232 g/mol. The van der Waals surface area contributed by atoms with E-state index < -0.39 is 0 Å². The van der Waals surface area contributed by atoms with E-state index in [1.54, 1.807) is 0 Å².